The summed E-state index contributed by atoms with van der Waals surface area (Å²) in [5.41, 5.74) is 2.32. The van der Waals surface area contributed by atoms with Crippen LogP contribution in [0.1, 0.15) is 36.9 Å². The molecule has 2 aromatic heterocycles. The van der Waals surface area contributed by atoms with E-state index in [1.165, 1.54) is 0 Å². The zero-order valence-electron chi connectivity index (χ0n) is 13.3. The van der Waals surface area contributed by atoms with E-state index in [1.54, 1.807) is 19.2 Å². The van der Waals surface area contributed by atoms with Crippen LogP contribution < -0.4 is 5.32 Å². The van der Waals surface area contributed by atoms with Gasteiger partial charge in [-0.1, -0.05) is 12.8 Å². The molecule has 3 N–H and O–H groups in total. The van der Waals surface area contributed by atoms with Crippen LogP contribution in [0.15, 0.2) is 12.3 Å². The van der Waals surface area contributed by atoms with Gasteiger partial charge in [0.25, 0.3) is 0 Å². The minimum absolute atomic E-state index is 0.0401. The van der Waals surface area contributed by atoms with Gasteiger partial charge in [0, 0.05) is 6.20 Å². The van der Waals surface area contributed by atoms with Crippen molar-refractivity contribution in [1.82, 2.24) is 20.2 Å². The third-order valence-corrected chi connectivity index (χ3v) is 4.13. The van der Waals surface area contributed by atoms with E-state index in [4.69, 9.17) is 0 Å². The van der Waals surface area contributed by atoms with Gasteiger partial charge in [0.1, 0.15) is 17.1 Å². The lowest BCUT2D eigenvalue weighted by molar-refractivity contribution is 0.116. The number of pyridine rings is 1. The first-order valence-electron chi connectivity index (χ1n) is 7.86. The molecule has 2 atom stereocenters. The predicted octanol–water partition coefficient (Wildman–Crippen LogP) is 1.97. The van der Waals surface area contributed by atoms with E-state index < -0.39 is 0 Å². The molecule has 7 nitrogen and oxygen atoms in total. The lowest BCUT2D eigenvalue weighted by Crippen LogP contribution is -2.37. The number of hydrogen-bond acceptors (Lipinski definition) is 7. The molecule has 2 heterocycles. The van der Waals surface area contributed by atoms with Crippen LogP contribution in [-0.4, -0.2) is 42.5 Å². The van der Waals surface area contributed by atoms with Gasteiger partial charge in [0.05, 0.1) is 17.8 Å². The Morgan fingerprint density at radius 3 is 2.61 bits per heavy atom. The summed E-state index contributed by atoms with van der Waals surface area (Å²) in [7, 11) is 0. The van der Waals surface area contributed by atoms with Gasteiger partial charge in [0.15, 0.2) is 0 Å². The largest absolute Gasteiger partial charge is 0.506 e. The number of rotatable bonds is 3. The zero-order chi connectivity index (χ0) is 16.4. The normalized spacial score (nSPS) is 21.2. The second-order valence-electron chi connectivity index (χ2n) is 6.05. The van der Waals surface area contributed by atoms with Crippen LogP contribution in [0.5, 0.6) is 5.75 Å². The Balaban J connectivity index is 1.83. The summed E-state index contributed by atoms with van der Waals surface area (Å²) in [6, 6.07) is 1.59. The van der Waals surface area contributed by atoms with E-state index in [-0.39, 0.29) is 17.9 Å². The highest BCUT2D eigenvalue weighted by Crippen LogP contribution is 2.28. The Morgan fingerprint density at radius 1 is 1.13 bits per heavy atom. The first kappa shape index (κ1) is 15.6. The topological polar surface area (TPSA) is 104 Å². The van der Waals surface area contributed by atoms with E-state index in [0.29, 0.717) is 23.0 Å². The van der Waals surface area contributed by atoms with Crippen molar-refractivity contribution in [1.29, 1.82) is 0 Å². The summed E-state index contributed by atoms with van der Waals surface area (Å²) in [4.78, 5) is 8.61. The molecule has 0 bridgehead atoms. The van der Waals surface area contributed by atoms with Crippen LogP contribution in [0.2, 0.25) is 0 Å². The molecule has 7 heteroatoms. The number of aliphatic hydroxyl groups excluding tert-OH is 1. The van der Waals surface area contributed by atoms with Gasteiger partial charge in [0.2, 0.25) is 5.95 Å². The average molecular weight is 315 g/mol. The van der Waals surface area contributed by atoms with Crippen LogP contribution >= 0.6 is 0 Å². The lowest BCUT2D eigenvalue weighted by atomic mass is 9.93. The maximum absolute atomic E-state index is 10.0. The SMILES string of the molecule is Cc1cnc(-c2nnc(NC3CCCCC3O)nc2C)c(O)c1. The van der Waals surface area contributed by atoms with Gasteiger partial charge in [-0.2, -0.15) is 0 Å². The zero-order valence-corrected chi connectivity index (χ0v) is 13.3. The monoisotopic (exact) mass is 315 g/mol. The van der Waals surface area contributed by atoms with E-state index >= 15 is 0 Å². The Labute approximate surface area is 134 Å². The highest BCUT2D eigenvalue weighted by Gasteiger charge is 2.24. The summed E-state index contributed by atoms with van der Waals surface area (Å²) in [5, 5.41) is 31.4. The first-order valence-corrected chi connectivity index (χ1v) is 7.86. The molecular weight excluding hydrogens is 294 g/mol. The van der Waals surface area contributed by atoms with E-state index in [2.05, 4.69) is 25.5 Å². The molecule has 122 valence electrons. The third-order valence-electron chi connectivity index (χ3n) is 4.13. The number of aryl methyl sites for hydroxylation is 2. The highest BCUT2D eigenvalue weighted by molar-refractivity contribution is 5.64. The maximum Gasteiger partial charge on any atom is 0.243 e. The van der Waals surface area contributed by atoms with Crippen LogP contribution in [0.4, 0.5) is 5.95 Å². The van der Waals surface area contributed by atoms with E-state index in [0.717, 1.165) is 31.2 Å². The summed E-state index contributed by atoms with van der Waals surface area (Å²) in [6.07, 6.45) is 5.11. The van der Waals surface area contributed by atoms with Gasteiger partial charge in [-0.3, -0.25) is 4.98 Å². The van der Waals surface area contributed by atoms with Gasteiger partial charge in [-0.15, -0.1) is 10.2 Å². The molecule has 23 heavy (non-hydrogen) atoms. The number of hydrogen-bond donors (Lipinski definition) is 3. The molecule has 0 aliphatic heterocycles. The highest BCUT2D eigenvalue weighted by atomic mass is 16.3. The fourth-order valence-corrected chi connectivity index (χ4v) is 2.87. The number of aromatic nitrogens is 4. The molecule has 3 rings (SSSR count). The first-order chi connectivity index (χ1) is 11.0. The molecule has 1 fully saturated rings. The van der Waals surface area contributed by atoms with Crippen molar-refractivity contribution >= 4 is 5.95 Å². The summed E-state index contributed by atoms with van der Waals surface area (Å²) >= 11 is 0. The molecular formula is C16H21N5O2. The fraction of sp³-hybridized carbons (Fsp3) is 0.500. The van der Waals surface area contributed by atoms with Crippen molar-refractivity contribution in [2.24, 2.45) is 0 Å². The molecule has 0 radical (unpaired) electrons. The Morgan fingerprint density at radius 2 is 1.91 bits per heavy atom. The van der Waals surface area contributed by atoms with Crippen LogP contribution in [0, 0.1) is 13.8 Å². The van der Waals surface area contributed by atoms with Crippen molar-refractivity contribution in [2.45, 2.75) is 51.7 Å². The van der Waals surface area contributed by atoms with Crippen molar-refractivity contribution in [3.05, 3.63) is 23.5 Å². The molecule has 1 saturated carbocycles. The Kier molecular flexibility index (Phi) is 4.38. The van der Waals surface area contributed by atoms with Crippen LogP contribution in [0.3, 0.4) is 0 Å². The predicted molar refractivity (Wildman–Crippen MR) is 86.1 cm³/mol. The molecule has 2 aromatic rings. The second kappa shape index (κ2) is 6.45. The van der Waals surface area contributed by atoms with Crippen molar-refractivity contribution < 1.29 is 10.2 Å². The number of aromatic hydroxyl groups is 1. The van der Waals surface area contributed by atoms with Crippen LogP contribution in [0.25, 0.3) is 11.4 Å². The van der Waals surface area contributed by atoms with Gasteiger partial charge < -0.3 is 15.5 Å². The number of nitrogens with one attached hydrogen (secondary N) is 1. The van der Waals surface area contributed by atoms with Crippen molar-refractivity contribution in [3.8, 4) is 17.1 Å². The quantitative estimate of drug-likeness (QED) is 0.795. The van der Waals surface area contributed by atoms with Gasteiger partial charge in [-0.05, 0) is 38.3 Å². The molecule has 0 spiro atoms. The van der Waals surface area contributed by atoms with E-state index in [1.807, 2.05) is 6.92 Å². The molecule has 1 aliphatic rings. The van der Waals surface area contributed by atoms with Gasteiger partial charge in [-0.25, -0.2) is 4.98 Å². The molecule has 0 aromatic carbocycles. The maximum atomic E-state index is 10.0. The fourth-order valence-electron chi connectivity index (χ4n) is 2.87. The van der Waals surface area contributed by atoms with Crippen molar-refractivity contribution in [3.63, 3.8) is 0 Å². The Bertz CT molecular complexity index is 707. The molecule has 0 saturated heterocycles. The lowest BCUT2D eigenvalue weighted by Gasteiger charge is -2.28. The summed E-state index contributed by atoms with van der Waals surface area (Å²) in [5.74, 6) is 0.455. The molecule has 1 aliphatic carbocycles. The smallest absolute Gasteiger partial charge is 0.243 e. The second-order valence-corrected chi connectivity index (χ2v) is 6.05. The minimum atomic E-state index is -0.379. The third kappa shape index (κ3) is 3.39. The van der Waals surface area contributed by atoms with Gasteiger partial charge >= 0.3 is 0 Å². The Hall–Kier alpha value is -2.28. The molecule has 0 amide bonds. The van der Waals surface area contributed by atoms with Crippen molar-refractivity contribution in [2.75, 3.05) is 5.32 Å². The van der Waals surface area contributed by atoms with Crippen LogP contribution in [-0.2, 0) is 0 Å². The number of nitrogens with zero attached hydrogens (tertiary/aromatic N) is 4. The standard InChI is InChI=1S/C16H21N5O2/c1-9-7-13(23)15(17-8-9)14-10(2)18-16(21-20-14)19-11-5-3-4-6-12(11)22/h7-8,11-12,22-23H,3-6H2,1-2H3,(H,18,19,21). The number of anilines is 1. The average Bonchev–Trinajstić information content (AvgIpc) is 2.51. The summed E-state index contributed by atoms with van der Waals surface area (Å²) in [6.45, 7) is 3.66. The minimum Gasteiger partial charge on any atom is -0.506 e. The number of aliphatic hydroxyl groups is 1. The molecule has 2 unspecified atom stereocenters. The van der Waals surface area contributed by atoms with E-state index in [9.17, 15) is 10.2 Å². The summed E-state index contributed by atoms with van der Waals surface area (Å²) < 4.78 is 0.